The lowest BCUT2D eigenvalue weighted by molar-refractivity contribution is 0.112. The number of carbonyl (C=O) groups excluding carboxylic acids is 1. The van der Waals surface area contributed by atoms with Crippen molar-refractivity contribution in [1.82, 2.24) is 9.78 Å². The normalized spacial score (nSPS) is 12.0. The van der Waals surface area contributed by atoms with Gasteiger partial charge in [0.2, 0.25) is 0 Å². The van der Waals surface area contributed by atoms with Gasteiger partial charge >= 0.3 is 0 Å². The average molecular weight is 230 g/mol. The molecule has 5 nitrogen and oxygen atoms in total. The van der Waals surface area contributed by atoms with Crippen LogP contribution in [0.2, 0.25) is 0 Å². The Morgan fingerprint density at radius 3 is 2.53 bits per heavy atom. The minimum atomic E-state index is -3.41. The second kappa shape index (κ2) is 4.14. The summed E-state index contributed by atoms with van der Waals surface area (Å²) >= 11 is 0. The van der Waals surface area contributed by atoms with Crippen LogP contribution < -0.4 is 0 Å². The van der Waals surface area contributed by atoms with Crippen LogP contribution in [0.4, 0.5) is 0 Å². The Balaban J connectivity index is 3.30. The standard InChI is InChI=1S/C9H14N2O3S/c1-7(2)5-11-9(15(3,13)14)8(6-12)4-10-11/h4,6-7H,5H2,1-3H3. The quantitative estimate of drug-likeness (QED) is 0.716. The van der Waals surface area contributed by atoms with Gasteiger partial charge in [-0.1, -0.05) is 13.8 Å². The third-order valence-corrected chi connectivity index (χ3v) is 2.98. The average Bonchev–Trinajstić information content (AvgIpc) is 2.45. The molecule has 0 aliphatic rings. The van der Waals surface area contributed by atoms with E-state index in [4.69, 9.17) is 0 Å². The molecule has 0 atom stereocenters. The Bertz CT molecular complexity index is 460. The van der Waals surface area contributed by atoms with Gasteiger partial charge in [-0.3, -0.25) is 9.48 Å². The predicted molar refractivity (Wildman–Crippen MR) is 55.6 cm³/mol. The maximum absolute atomic E-state index is 11.5. The van der Waals surface area contributed by atoms with Gasteiger partial charge in [0, 0.05) is 12.8 Å². The van der Waals surface area contributed by atoms with Gasteiger partial charge in [-0.25, -0.2) is 8.42 Å². The van der Waals surface area contributed by atoms with Gasteiger partial charge < -0.3 is 0 Å². The molecule has 1 heterocycles. The van der Waals surface area contributed by atoms with Gasteiger partial charge in [-0.15, -0.1) is 0 Å². The smallest absolute Gasteiger partial charge is 0.193 e. The molecular formula is C9H14N2O3S. The molecule has 0 aliphatic heterocycles. The summed E-state index contributed by atoms with van der Waals surface area (Å²) in [5, 5.41) is 3.91. The summed E-state index contributed by atoms with van der Waals surface area (Å²) in [4.78, 5) is 10.7. The summed E-state index contributed by atoms with van der Waals surface area (Å²) in [6.07, 6.45) is 2.87. The van der Waals surface area contributed by atoms with E-state index in [0.29, 0.717) is 12.8 Å². The van der Waals surface area contributed by atoms with Crippen LogP contribution in [0.5, 0.6) is 0 Å². The van der Waals surface area contributed by atoms with Crippen LogP contribution in [0.15, 0.2) is 11.2 Å². The first-order valence-corrected chi connectivity index (χ1v) is 6.46. The molecular weight excluding hydrogens is 216 g/mol. The topological polar surface area (TPSA) is 69.0 Å². The molecule has 84 valence electrons. The van der Waals surface area contributed by atoms with Crippen molar-refractivity contribution in [3.63, 3.8) is 0 Å². The summed E-state index contributed by atoms with van der Waals surface area (Å²) in [6.45, 7) is 4.39. The molecule has 6 heteroatoms. The fourth-order valence-electron chi connectivity index (χ4n) is 1.35. The third-order valence-electron chi connectivity index (χ3n) is 1.83. The first kappa shape index (κ1) is 11.9. The van der Waals surface area contributed by atoms with Crippen molar-refractivity contribution in [3.05, 3.63) is 11.8 Å². The van der Waals surface area contributed by atoms with Crippen molar-refractivity contribution in [2.75, 3.05) is 6.26 Å². The number of hydrogen-bond acceptors (Lipinski definition) is 4. The SMILES string of the molecule is CC(C)Cn1ncc(C=O)c1S(C)(=O)=O. The lowest BCUT2D eigenvalue weighted by Gasteiger charge is -2.08. The van der Waals surface area contributed by atoms with E-state index in [1.54, 1.807) is 0 Å². The van der Waals surface area contributed by atoms with E-state index < -0.39 is 9.84 Å². The van der Waals surface area contributed by atoms with Crippen LogP contribution in [0.25, 0.3) is 0 Å². The molecule has 15 heavy (non-hydrogen) atoms. The lowest BCUT2D eigenvalue weighted by atomic mass is 10.2. The number of hydrogen-bond donors (Lipinski definition) is 0. The van der Waals surface area contributed by atoms with Gasteiger partial charge in [-0.2, -0.15) is 5.10 Å². The van der Waals surface area contributed by atoms with E-state index in [9.17, 15) is 13.2 Å². The molecule has 0 N–H and O–H groups in total. The summed E-state index contributed by atoms with van der Waals surface area (Å²) in [7, 11) is -3.41. The van der Waals surface area contributed by atoms with Gasteiger partial charge in [0.05, 0.1) is 11.8 Å². The van der Waals surface area contributed by atoms with Crippen molar-refractivity contribution in [2.45, 2.75) is 25.4 Å². The van der Waals surface area contributed by atoms with Crippen LogP contribution in [0.3, 0.4) is 0 Å². The van der Waals surface area contributed by atoms with Crippen LogP contribution >= 0.6 is 0 Å². The first-order valence-electron chi connectivity index (χ1n) is 4.57. The van der Waals surface area contributed by atoms with E-state index in [0.717, 1.165) is 6.26 Å². The molecule has 1 aromatic rings. The van der Waals surface area contributed by atoms with E-state index in [-0.39, 0.29) is 16.5 Å². The highest BCUT2D eigenvalue weighted by Gasteiger charge is 2.20. The van der Waals surface area contributed by atoms with Gasteiger partial charge in [0.1, 0.15) is 0 Å². The van der Waals surface area contributed by atoms with E-state index in [2.05, 4.69) is 5.10 Å². The van der Waals surface area contributed by atoms with Crippen molar-refractivity contribution in [1.29, 1.82) is 0 Å². The molecule has 0 saturated carbocycles. The molecule has 0 aromatic carbocycles. The third kappa shape index (κ3) is 2.65. The highest BCUT2D eigenvalue weighted by Crippen LogP contribution is 2.15. The minimum absolute atomic E-state index is 0.00574. The van der Waals surface area contributed by atoms with Crippen molar-refractivity contribution in [2.24, 2.45) is 5.92 Å². The Kier molecular flexibility index (Phi) is 3.28. The fraction of sp³-hybridized carbons (Fsp3) is 0.556. The highest BCUT2D eigenvalue weighted by molar-refractivity contribution is 7.90. The van der Waals surface area contributed by atoms with Gasteiger partial charge in [0.15, 0.2) is 21.1 Å². The van der Waals surface area contributed by atoms with Crippen molar-refractivity contribution >= 4 is 16.1 Å². The maximum Gasteiger partial charge on any atom is 0.193 e. The van der Waals surface area contributed by atoms with Gasteiger partial charge in [0.25, 0.3) is 0 Å². The van der Waals surface area contributed by atoms with E-state index in [1.165, 1.54) is 10.9 Å². The molecule has 0 spiro atoms. The highest BCUT2D eigenvalue weighted by atomic mass is 32.2. The number of aromatic nitrogens is 2. The molecule has 0 saturated heterocycles. The summed E-state index contributed by atoms with van der Waals surface area (Å²) < 4.78 is 24.3. The zero-order chi connectivity index (χ0) is 11.6. The Morgan fingerprint density at radius 2 is 2.13 bits per heavy atom. The molecule has 0 unspecified atom stereocenters. The number of sulfone groups is 1. The van der Waals surface area contributed by atoms with Crippen LogP contribution in [-0.2, 0) is 16.4 Å². The van der Waals surface area contributed by atoms with Crippen LogP contribution in [0.1, 0.15) is 24.2 Å². The zero-order valence-electron chi connectivity index (χ0n) is 8.97. The van der Waals surface area contributed by atoms with Crippen molar-refractivity contribution in [3.8, 4) is 0 Å². The molecule has 0 fully saturated rings. The first-order chi connectivity index (χ1) is 6.86. The Hall–Kier alpha value is -1.17. The summed E-state index contributed by atoms with van der Waals surface area (Å²) in [6, 6.07) is 0. The fourth-order valence-corrected chi connectivity index (χ4v) is 2.38. The molecule has 0 amide bonds. The van der Waals surface area contributed by atoms with Gasteiger partial charge in [-0.05, 0) is 5.92 Å². The summed E-state index contributed by atoms with van der Waals surface area (Å²) in [5.74, 6) is 0.268. The number of rotatable bonds is 4. The zero-order valence-corrected chi connectivity index (χ0v) is 9.78. The lowest BCUT2D eigenvalue weighted by Crippen LogP contribution is -2.14. The Morgan fingerprint density at radius 1 is 1.53 bits per heavy atom. The second-order valence-electron chi connectivity index (χ2n) is 3.87. The van der Waals surface area contributed by atoms with E-state index in [1.807, 2.05) is 13.8 Å². The Labute approximate surface area is 89.0 Å². The number of carbonyl (C=O) groups is 1. The number of aldehydes is 1. The molecule has 1 rings (SSSR count). The molecule has 1 aromatic heterocycles. The van der Waals surface area contributed by atoms with Crippen LogP contribution in [0, 0.1) is 5.92 Å². The second-order valence-corrected chi connectivity index (χ2v) is 5.80. The number of nitrogens with zero attached hydrogens (tertiary/aromatic N) is 2. The summed E-state index contributed by atoms with van der Waals surface area (Å²) in [5.41, 5.74) is 0.123. The molecule has 0 radical (unpaired) electrons. The monoisotopic (exact) mass is 230 g/mol. The minimum Gasteiger partial charge on any atom is -0.298 e. The molecule has 0 aliphatic carbocycles. The van der Waals surface area contributed by atoms with Crippen LogP contribution in [-0.4, -0.2) is 30.7 Å². The van der Waals surface area contributed by atoms with Crippen molar-refractivity contribution < 1.29 is 13.2 Å². The predicted octanol–water partition coefficient (Wildman–Crippen LogP) is 0.755. The molecule has 0 bridgehead atoms. The van der Waals surface area contributed by atoms with E-state index >= 15 is 0 Å². The largest absolute Gasteiger partial charge is 0.298 e. The maximum atomic E-state index is 11.5.